The Morgan fingerprint density at radius 2 is 2.40 bits per heavy atom. The fourth-order valence-electron chi connectivity index (χ4n) is 1.20. The molecule has 1 rings (SSSR count). The number of hydrogen-bond donors (Lipinski definition) is 2. The Hall–Kier alpha value is -0.940. The number of carbonyl (C=O) groups is 1. The number of rotatable bonds is 5. The summed E-state index contributed by atoms with van der Waals surface area (Å²) in [5.41, 5.74) is 6.40. The number of nitrogens with zero attached hydrogens (tertiary/aromatic N) is 1. The van der Waals surface area contributed by atoms with Crippen LogP contribution >= 0.6 is 11.3 Å². The van der Waals surface area contributed by atoms with Crippen LogP contribution in [0, 0.1) is 0 Å². The summed E-state index contributed by atoms with van der Waals surface area (Å²) < 4.78 is 0. The minimum absolute atomic E-state index is 0.0265. The summed E-state index contributed by atoms with van der Waals surface area (Å²) in [4.78, 5) is 15.7. The van der Waals surface area contributed by atoms with Crippen molar-refractivity contribution in [1.82, 2.24) is 10.3 Å². The summed E-state index contributed by atoms with van der Waals surface area (Å²) in [7, 11) is 0. The summed E-state index contributed by atoms with van der Waals surface area (Å²) in [6.45, 7) is 4.49. The van der Waals surface area contributed by atoms with Crippen molar-refractivity contribution in [2.75, 3.05) is 6.54 Å². The van der Waals surface area contributed by atoms with Crippen LogP contribution in [0.5, 0.6) is 0 Å². The molecule has 0 saturated carbocycles. The second-order valence-electron chi connectivity index (χ2n) is 3.67. The van der Waals surface area contributed by atoms with Gasteiger partial charge in [0.05, 0.1) is 12.1 Å². The number of carbonyl (C=O) groups excluding carboxylic acids is 1. The molecular weight excluding hydrogens is 210 g/mol. The minimum Gasteiger partial charge on any atom is -0.354 e. The van der Waals surface area contributed by atoms with Crippen molar-refractivity contribution in [3.63, 3.8) is 0 Å². The summed E-state index contributed by atoms with van der Waals surface area (Å²) in [6.07, 6.45) is 1.15. The molecule has 15 heavy (non-hydrogen) atoms. The van der Waals surface area contributed by atoms with Gasteiger partial charge in [0.2, 0.25) is 5.91 Å². The molecule has 0 saturated heterocycles. The van der Waals surface area contributed by atoms with E-state index in [9.17, 15) is 4.79 Å². The summed E-state index contributed by atoms with van der Waals surface area (Å²) >= 11 is 1.52. The Balaban J connectivity index is 2.46. The standard InChI is InChI=1S/C10H17N3OS/c1-7(2)12-9(14)5-10-13-8(3-4-11)6-15-10/h6-7H,3-5,11H2,1-2H3,(H,12,14). The number of nitrogens with two attached hydrogens (primary N) is 1. The van der Waals surface area contributed by atoms with Gasteiger partial charge in [-0.25, -0.2) is 4.98 Å². The highest BCUT2D eigenvalue weighted by Gasteiger charge is 2.08. The Kier molecular flexibility index (Phi) is 4.71. The summed E-state index contributed by atoms with van der Waals surface area (Å²) in [5, 5.41) is 5.66. The summed E-state index contributed by atoms with van der Waals surface area (Å²) in [5.74, 6) is 0.0265. The maximum Gasteiger partial charge on any atom is 0.227 e. The highest BCUT2D eigenvalue weighted by molar-refractivity contribution is 7.09. The SMILES string of the molecule is CC(C)NC(=O)Cc1nc(CCN)cs1. The van der Waals surface area contributed by atoms with Crippen LogP contribution in [0.15, 0.2) is 5.38 Å². The first-order valence-electron chi connectivity index (χ1n) is 5.04. The quantitative estimate of drug-likeness (QED) is 0.778. The zero-order valence-electron chi connectivity index (χ0n) is 9.12. The fourth-order valence-corrected chi connectivity index (χ4v) is 2.03. The predicted molar refractivity (Wildman–Crippen MR) is 61.9 cm³/mol. The molecule has 0 aromatic carbocycles. The predicted octanol–water partition coefficient (Wildman–Crippen LogP) is 0.711. The molecule has 1 aromatic rings. The molecule has 1 aromatic heterocycles. The molecule has 0 aliphatic rings. The second kappa shape index (κ2) is 5.82. The van der Waals surface area contributed by atoms with Crippen molar-refractivity contribution in [1.29, 1.82) is 0 Å². The molecule has 1 amide bonds. The van der Waals surface area contributed by atoms with Gasteiger partial charge in [-0.3, -0.25) is 4.79 Å². The van der Waals surface area contributed by atoms with Crippen LogP contribution in [0.3, 0.4) is 0 Å². The number of aromatic nitrogens is 1. The van der Waals surface area contributed by atoms with Gasteiger partial charge in [-0.05, 0) is 20.4 Å². The van der Waals surface area contributed by atoms with Crippen LogP contribution in [0.4, 0.5) is 0 Å². The topological polar surface area (TPSA) is 68.0 Å². The van der Waals surface area contributed by atoms with Crippen molar-refractivity contribution >= 4 is 17.2 Å². The highest BCUT2D eigenvalue weighted by Crippen LogP contribution is 2.10. The first-order valence-corrected chi connectivity index (χ1v) is 5.92. The summed E-state index contributed by atoms with van der Waals surface area (Å²) in [6, 6.07) is 0.181. The molecule has 0 atom stereocenters. The van der Waals surface area contributed by atoms with Crippen molar-refractivity contribution < 1.29 is 4.79 Å². The average molecular weight is 227 g/mol. The van der Waals surface area contributed by atoms with Gasteiger partial charge in [0, 0.05) is 17.8 Å². The van der Waals surface area contributed by atoms with Gasteiger partial charge in [-0.1, -0.05) is 0 Å². The number of hydrogen-bond acceptors (Lipinski definition) is 4. The lowest BCUT2D eigenvalue weighted by atomic mass is 10.3. The molecule has 0 bridgehead atoms. The first-order chi connectivity index (χ1) is 7.11. The molecule has 5 heteroatoms. The van der Waals surface area contributed by atoms with E-state index in [-0.39, 0.29) is 11.9 Å². The third kappa shape index (κ3) is 4.40. The van der Waals surface area contributed by atoms with E-state index in [2.05, 4.69) is 10.3 Å². The maximum atomic E-state index is 11.4. The molecule has 0 aliphatic carbocycles. The van der Waals surface area contributed by atoms with E-state index in [1.54, 1.807) is 0 Å². The van der Waals surface area contributed by atoms with Crippen molar-refractivity contribution in [3.05, 3.63) is 16.1 Å². The van der Waals surface area contributed by atoms with E-state index in [0.717, 1.165) is 17.1 Å². The van der Waals surface area contributed by atoms with E-state index in [0.29, 0.717) is 13.0 Å². The van der Waals surface area contributed by atoms with Crippen LogP contribution < -0.4 is 11.1 Å². The van der Waals surface area contributed by atoms with Crippen molar-refractivity contribution in [2.45, 2.75) is 32.7 Å². The van der Waals surface area contributed by atoms with Gasteiger partial charge < -0.3 is 11.1 Å². The monoisotopic (exact) mass is 227 g/mol. The molecular formula is C10H17N3OS. The molecule has 84 valence electrons. The lowest BCUT2D eigenvalue weighted by Crippen LogP contribution is -2.31. The Labute approximate surface area is 93.9 Å². The zero-order valence-corrected chi connectivity index (χ0v) is 9.93. The molecule has 0 fully saturated rings. The minimum atomic E-state index is 0.0265. The van der Waals surface area contributed by atoms with E-state index in [1.165, 1.54) is 11.3 Å². The number of amides is 1. The van der Waals surface area contributed by atoms with Crippen LogP contribution in [0.1, 0.15) is 24.5 Å². The molecule has 1 heterocycles. The number of thiazole rings is 1. The normalized spacial score (nSPS) is 10.7. The van der Waals surface area contributed by atoms with Crippen LogP contribution in [-0.4, -0.2) is 23.5 Å². The first kappa shape index (κ1) is 12.1. The Morgan fingerprint density at radius 1 is 1.67 bits per heavy atom. The van der Waals surface area contributed by atoms with E-state index >= 15 is 0 Å². The average Bonchev–Trinajstić information content (AvgIpc) is 2.51. The molecule has 3 N–H and O–H groups in total. The van der Waals surface area contributed by atoms with Crippen LogP contribution in [0.2, 0.25) is 0 Å². The molecule has 0 radical (unpaired) electrons. The van der Waals surface area contributed by atoms with Gasteiger partial charge in [0.1, 0.15) is 5.01 Å². The Bertz CT molecular complexity index is 322. The van der Waals surface area contributed by atoms with E-state index in [4.69, 9.17) is 5.73 Å². The molecule has 0 spiro atoms. The van der Waals surface area contributed by atoms with Gasteiger partial charge in [0.15, 0.2) is 0 Å². The largest absolute Gasteiger partial charge is 0.354 e. The highest BCUT2D eigenvalue weighted by atomic mass is 32.1. The van der Waals surface area contributed by atoms with Crippen LogP contribution in [0.25, 0.3) is 0 Å². The van der Waals surface area contributed by atoms with Gasteiger partial charge in [-0.15, -0.1) is 11.3 Å². The molecule has 0 aliphatic heterocycles. The van der Waals surface area contributed by atoms with Gasteiger partial charge >= 0.3 is 0 Å². The third-order valence-electron chi connectivity index (χ3n) is 1.76. The lowest BCUT2D eigenvalue weighted by molar-refractivity contribution is -0.120. The Morgan fingerprint density at radius 3 is 3.00 bits per heavy atom. The van der Waals surface area contributed by atoms with Crippen LogP contribution in [-0.2, 0) is 17.6 Å². The van der Waals surface area contributed by atoms with Crippen molar-refractivity contribution in [3.8, 4) is 0 Å². The third-order valence-corrected chi connectivity index (χ3v) is 2.66. The molecule has 0 unspecified atom stereocenters. The van der Waals surface area contributed by atoms with E-state index < -0.39 is 0 Å². The maximum absolute atomic E-state index is 11.4. The van der Waals surface area contributed by atoms with Crippen molar-refractivity contribution in [2.24, 2.45) is 5.73 Å². The zero-order chi connectivity index (χ0) is 11.3. The fraction of sp³-hybridized carbons (Fsp3) is 0.600. The van der Waals surface area contributed by atoms with E-state index in [1.807, 2.05) is 19.2 Å². The second-order valence-corrected chi connectivity index (χ2v) is 4.61. The van der Waals surface area contributed by atoms with Gasteiger partial charge in [0.25, 0.3) is 0 Å². The number of nitrogens with one attached hydrogen (secondary N) is 1. The lowest BCUT2D eigenvalue weighted by Gasteiger charge is -2.06. The molecule has 4 nitrogen and oxygen atoms in total. The van der Waals surface area contributed by atoms with Gasteiger partial charge in [-0.2, -0.15) is 0 Å². The smallest absolute Gasteiger partial charge is 0.227 e.